The monoisotopic (exact) mass is 317 g/mol. The number of hydrogen-bond donors (Lipinski definition) is 0. The highest BCUT2D eigenvalue weighted by atomic mass is 16.5. The molecule has 0 bridgehead atoms. The van der Waals surface area contributed by atoms with Crippen molar-refractivity contribution >= 4 is 6.08 Å². The van der Waals surface area contributed by atoms with Crippen LogP contribution < -0.4 is 4.74 Å². The molecule has 0 saturated heterocycles. The summed E-state index contributed by atoms with van der Waals surface area (Å²) in [4.78, 5) is 0. The van der Waals surface area contributed by atoms with E-state index in [1.165, 1.54) is 0 Å². The van der Waals surface area contributed by atoms with Crippen LogP contribution in [0.25, 0.3) is 6.08 Å². The van der Waals surface area contributed by atoms with Gasteiger partial charge in [-0.25, -0.2) is 0 Å². The molecule has 0 spiro atoms. The third kappa shape index (κ3) is 3.00. The molecular weight excluding hydrogens is 302 g/mol. The van der Waals surface area contributed by atoms with Crippen molar-refractivity contribution < 1.29 is 9.47 Å². The molecule has 0 saturated carbocycles. The van der Waals surface area contributed by atoms with Gasteiger partial charge in [0, 0.05) is 11.1 Å². The molecule has 0 amide bonds. The van der Waals surface area contributed by atoms with E-state index in [0.29, 0.717) is 11.3 Å². The van der Waals surface area contributed by atoms with E-state index in [0.717, 1.165) is 5.56 Å². The van der Waals surface area contributed by atoms with Gasteiger partial charge in [-0.2, -0.15) is 15.8 Å². The lowest BCUT2D eigenvalue weighted by Gasteiger charge is -2.20. The van der Waals surface area contributed by atoms with E-state index in [9.17, 15) is 5.26 Å². The lowest BCUT2D eigenvalue weighted by Crippen LogP contribution is -2.20. The maximum atomic E-state index is 9.48. The highest BCUT2D eigenvalue weighted by Gasteiger charge is 2.38. The van der Waals surface area contributed by atoms with Gasteiger partial charge in [-0.05, 0) is 19.9 Å². The van der Waals surface area contributed by atoms with E-state index in [1.807, 2.05) is 36.4 Å². The summed E-state index contributed by atoms with van der Waals surface area (Å²) in [6, 6.07) is 13.1. The van der Waals surface area contributed by atoms with Crippen molar-refractivity contribution in [1.82, 2.24) is 0 Å². The summed E-state index contributed by atoms with van der Waals surface area (Å²) in [6.45, 7) is 3.57. The number of nitriles is 3. The predicted octanol–water partition coefficient (Wildman–Crippen LogP) is 3.64. The van der Waals surface area contributed by atoms with Crippen molar-refractivity contribution in [3.05, 3.63) is 58.4 Å². The molecule has 1 heterocycles. The average Bonchev–Trinajstić information content (AvgIpc) is 2.84. The van der Waals surface area contributed by atoms with Crippen molar-refractivity contribution in [2.75, 3.05) is 7.11 Å². The van der Waals surface area contributed by atoms with Crippen LogP contribution in [0.1, 0.15) is 19.4 Å². The van der Waals surface area contributed by atoms with Gasteiger partial charge >= 0.3 is 0 Å². The Labute approximate surface area is 141 Å². The summed E-state index contributed by atoms with van der Waals surface area (Å²) >= 11 is 0. The average molecular weight is 317 g/mol. The largest absolute Gasteiger partial charge is 0.496 e. The molecule has 1 aliphatic rings. The van der Waals surface area contributed by atoms with Crippen LogP contribution in [0.2, 0.25) is 0 Å². The maximum Gasteiger partial charge on any atom is 0.172 e. The van der Waals surface area contributed by atoms with Crippen LogP contribution >= 0.6 is 0 Å². The molecule has 0 radical (unpaired) electrons. The molecule has 0 fully saturated rings. The number of benzene rings is 1. The van der Waals surface area contributed by atoms with Crippen LogP contribution in [0.4, 0.5) is 0 Å². The molecule has 0 aromatic heterocycles. The molecule has 1 aromatic rings. The molecule has 24 heavy (non-hydrogen) atoms. The maximum absolute atomic E-state index is 9.48. The van der Waals surface area contributed by atoms with E-state index in [-0.39, 0.29) is 16.9 Å². The summed E-state index contributed by atoms with van der Waals surface area (Å²) in [6.07, 6.45) is 3.58. The molecule has 0 unspecified atom stereocenters. The van der Waals surface area contributed by atoms with Crippen molar-refractivity contribution in [3.8, 4) is 24.0 Å². The molecule has 118 valence electrons. The molecule has 0 atom stereocenters. The Morgan fingerprint density at radius 2 is 1.79 bits per heavy atom. The van der Waals surface area contributed by atoms with Crippen molar-refractivity contribution in [1.29, 1.82) is 15.8 Å². The Morgan fingerprint density at radius 1 is 1.12 bits per heavy atom. The Hall–Kier alpha value is -3.49. The first kappa shape index (κ1) is 16.9. The van der Waals surface area contributed by atoms with Crippen LogP contribution in [0.5, 0.6) is 5.75 Å². The molecule has 1 aliphatic heterocycles. The second kappa shape index (κ2) is 6.73. The number of allylic oxidation sites excluding steroid dienone is 2. The lowest BCUT2D eigenvalue weighted by molar-refractivity contribution is 0.0954. The Kier molecular flexibility index (Phi) is 4.73. The first-order chi connectivity index (χ1) is 11.5. The minimum atomic E-state index is -0.822. The summed E-state index contributed by atoms with van der Waals surface area (Å²) in [5.74, 6) is 0.738. The molecule has 0 aliphatic carbocycles. The first-order valence-electron chi connectivity index (χ1n) is 7.18. The van der Waals surface area contributed by atoms with Gasteiger partial charge in [0.05, 0.1) is 7.11 Å². The van der Waals surface area contributed by atoms with Crippen molar-refractivity contribution in [2.24, 2.45) is 0 Å². The molecular formula is C19H15N3O2. The fraction of sp³-hybridized carbons (Fsp3) is 0.211. The van der Waals surface area contributed by atoms with Gasteiger partial charge in [0.2, 0.25) is 0 Å². The summed E-state index contributed by atoms with van der Waals surface area (Å²) in [5.41, 5.74) is 0.620. The van der Waals surface area contributed by atoms with Crippen molar-refractivity contribution in [3.63, 3.8) is 0 Å². The lowest BCUT2D eigenvalue weighted by atomic mass is 9.94. The molecule has 5 nitrogen and oxygen atoms in total. The van der Waals surface area contributed by atoms with E-state index in [4.69, 9.17) is 20.0 Å². The van der Waals surface area contributed by atoms with E-state index in [1.54, 1.807) is 39.2 Å². The fourth-order valence-electron chi connectivity index (χ4n) is 2.46. The second-order valence-electron chi connectivity index (χ2n) is 5.52. The zero-order valence-electron chi connectivity index (χ0n) is 13.6. The number of hydrogen-bond acceptors (Lipinski definition) is 5. The third-order valence-electron chi connectivity index (χ3n) is 3.63. The fourth-order valence-corrected chi connectivity index (χ4v) is 2.46. The molecule has 0 N–H and O–H groups in total. The third-order valence-corrected chi connectivity index (χ3v) is 3.63. The molecule has 5 heteroatoms. The van der Waals surface area contributed by atoms with Gasteiger partial charge in [-0.15, -0.1) is 0 Å². The highest BCUT2D eigenvalue weighted by Crippen LogP contribution is 2.40. The van der Waals surface area contributed by atoms with Gasteiger partial charge in [-0.3, -0.25) is 0 Å². The van der Waals surface area contributed by atoms with Crippen molar-refractivity contribution in [2.45, 2.75) is 19.4 Å². The molecule has 2 rings (SSSR count). The van der Waals surface area contributed by atoms with Crippen LogP contribution in [0.3, 0.4) is 0 Å². The summed E-state index contributed by atoms with van der Waals surface area (Å²) in [5, 5.41) is 27.6. The van der Waals surface area contributed by atoms with E-state index in [2.05, 4.69) is 0 Å². The predicted molar refractivity (Wildman–Crippen MR) is 88.1 cm³/mol. The Balaban J connectivity index is 2.58. The van der Waals surface area contributed by atoms with Crippen LogP contribution in [-0.2, 0) is 4.74 Å². The smallest absolute Gasteiger partial charge is 0.172 e. The van der Waals surface area contributed by atoms with Crippen LogP contribution in [0.15, 0.2) is 52.8 Å². The number of rotatable bonds is 3. The van der Waals surface area contributed by atoms with Gasteiger partial charge in [0.25, 0.3) is 0 Å². The van der Waals surface area contributed by atoms with Gasteiger partial charge < -0.3 is 9.47 Å². The second-order valence-corrected chi connectivity index (χ2v) is 5.52. The Morgan fingerprint density at radius 3 is 2.38 bits per heavy atom. The summed E-state index contributed by atoms with van der Waals surface area (Å²) < 4.78 is 11.0. The first-order valence-corrected chi connectivity index (χ1v) is 7.18. The van der Waals surface area contributed by atoms with Gasteiger partial charge in [0.15, 0.2) is 11.3 Å². The number of nitrogens with zero attached hydrogens (tertiary/aromatic N) is 3. The number of ether oxygens (including phenoxy) is 2. The van der Waals surface area contributed by atoms with E-state index < -0.39 is 5.60 Å². The Bertz CT molecular complexity index is 868. The minimum Gasteiger partial charge on any atom is -0.496 e. The van der Waals surface area contributed by atoms with Crippen LogP contribution in [-0.4, -0.2) is 12.7 Å². The zero-order chi connectivity index (χ0) is 17.7. The standard InChI is InChI=1S/C19H15N3O2/c1-19(2)16(9-8-13-6-4-5-7-17(13)23-3)15(12-22)18(24-19)14(10-20)11-21/h4-9H,1-3H3/b9-8+. The zero-order valence-corrected chi connectivity index (χ0v) is 13.6. The SMILES string of the molecule is COc1ccccc1/C=C/C1=C(C#N)C(=C(C#N)C#N)OC1(C)C. The number of methoxy groups -OCH3 is 1. The minimum absolute atomic E-state index is 0.0344. The van der Waals surface area contributed by atoms with Gasteiger partial charge in [-0.1, -0.05) is 30.4 Å². The summed E-state index contributed by atoms with van der Waals surface area (Å²) in [7, 11) is 1.59. The van der Waals surface area contributed by atoms with Gasteiger partial charge in [0.1, 0.15) is 35.1 Å². The molecule has 1 aromatic carbocycles. The number of para-hydroxylation sites is 1. The van der Waals surface area contributed by atoms with E-state index >= 15 is 0 Å². The quantitative estimate of drug-likeness (QED) is 0.794. The normalized spacial score (nSPS) is 15.4. The topological polar surface area (TPSA) is 89.8 Å². The highest BCUT2D eigenvalue weighted by molar-refractivity contribution is 5.66. The van der Waals surface area contributed by atoms with Crippen LogP contribution in [0, 0.1) is 34.0 Å².